The second-order valence-electron chi connectivity index (χ2n) is 5.12. The molecule has 1 spiro atoms. The van der Waals surface area contributed by atoms with E-state index in [-0.39, 0.29) is 0 Å². The Morgan fingerprint density at radius 1 is 1.13 bits per heavy atom. The van der Waals surface area contributed by atoms with E-state index < -0.39 is 0 Å². The minimum atomic E-state index is 0.708. The molecule has 2 heterocycles. The molecule has 0 aromatic heterocycles. The maximum atomic E-state index is 3.48. The van der Waals surface area contributed by atoms with E-state index in [1.165, 1.54) is 51.9 Å². The first-order valence-electron chi connectivity index (χ1n) is 6.23. The summed E-state index contributed by atoms with van der Waals surface area (Å²) in [4.78, 5) is 2.65. The first-order chi connectivity index (χ1) is 7.26. The highest BCUT2D eigenvalue weighted by Gasteiger charge is 2.36. The zero-order chi connectivity index (χ0) is 10.7. The van der Waals surface area contributed by atoms with E-state index in [0.29, 0.717) is 10.8 Å². The van der Waals surface area contributed by atoms with Crippen LogP contribution in [0, 0.1) is 5.41 Å². The van der Waals surface area contributed by atoms with Crippen LogP contribution in [0.3, 0.4) is 0 Å². The van der Waals surface area contributed by atoms with Gasteiger partial charge in [-0.2, -0.15) is 0 Å². The highest BCUT2D eigenvalue weighted by Crippen LogP contribution is 2.40. The molecule has 88 valence electrons. The molecule has 0 aromatic carbocycles. The molecule has 0 radical (unpaired) electrons. The van der Waals surface area contributed by atoms with E-state index in [2.05, 4.69) is 23.4 Å². The Balaban J connectivity index is 1.85. The summed E-state index contributed by atoms with van der Waals surface area (Å²) < 4.78 is 0. The first kappa shape index (κ1) is 11.7. The number of rotatable bonds is 2. The van der Waals surface area contributed by atoms with Gasteiger partial charge in [0.2, 0.25) is 0 Å². The quantitative estimate of drug-likeness (QED) is 0.780. The minimum absolute atomic E-state index is 0.708. The van der Waals surface area contributed by atoms with Crippen molar-refractivity contribution in [2.24, 2.45) is 5.41 Å². The Labute approximate surface area is 98.2 Å². The van der Waals surface area contributed by atoms with Gasteiger partial charge in [-0.15, -0.1) is 11.8 Å². The van der Waals surface area contributed by atoms with E-state index in [1.807, 2.05) is 11.8 Å². The first-order valence-corrected chi connectivity index (χ1v) is 7.52. The van der Waals surface area contributed by atoms with E-state index in [9.17, 15) is 0 Å². The topological polar surface area (TPSA) is 15.3 Å². The summed E-state index contributed by atoms with van der Waals surface area (Å²) in [6, 6.07) is 0. The fourth-order valence-electron chi connectivity index (χ4n) is 2.97. The number of nitrogens with zero attached hydrogens (tertiary/aromatic N) is 1. The molecular weight excluding hydrogens is 204 g/mol. The molecule has 0 amide bonds. The summed E-state index contributed by atoms with van der Waals surface area (Å²) in [7, 11) is 0. The van der Waals surface area contributed by atoms with Crippen molar-refractivity contribution in [3.63, 3.8) is 0 Å². The van der Waals surface area contributed by atoms with Crippen molar-refractivity contribution in [2.45, 2.75) is 38.0 Å². The van der Waals surface area contributed by atoms with Crippen LogP contribution in [0.2, 0.25) is 0 Å². The number of thioether (sulfide) groups is 1. The number of piperidine rings is 2. The van der Waals surface area contributed by atoms with Crippen LogP contribution in [0.5, 0.6) is 0 Å². The molecule has 1 atom stereocenters. The smallest absolute Gasteiger partial charge is 0.0525 e. The predicted molar refractivity (Wildman–Crippen MR) is 68.3 cm³/mol. The molecular formula is C12H24N2S. The van der Waals surface area contributed by atoms with E-state index >= 15 is 0 Å². The largest absolute Gasteiger partial charge is 0.317 e. The lowest BCUT2D eigenvalue weighted by atomic mass is 9.71. The normalized spacial score (nSPS) is 29.2. The highest BCUT2D eigenvalue weighted by atomic mass is 32.2. The molecule has 0 saturated carbocycles. The van der Waals surface area contributed by atoms with Crippen LogP contribution in [0.1, 0.15) is 32.6 Å². The third kappa shape index (κ3) is 2.69. The van der Waals surface area contributed by atoms with E-state index in [4.69, 9.17) is 0 Å². The number of hydrogen-bond acceptors (Lipinski definition) is 3. The number of nitrogens with one attached hydrogen (secondary N) is 1. The Bertz CT molecular complexity index is 192. The van der Waals surface area contributed by atoms with Gasteiger partial charge in [0.25, 0.3) is 0 Å². The van der Waals surface area contributed by atoms with Gasteiger partial charge in [-0.1, -0.05) is 0 Å². The molecule has 0 aromatic rings. The van der Waals surface area contributed by atoms with Crippen molar-refractivity contribution in [1.82, 2.24) is 10.2 Å². The van der Waals surface area contributed by atoms with E-state index in [0.717, 1.165) is 0 Å². The number of likely N-dealkylation sites (tertiary alicyclic amines) is 1. The van der Waals surface area contributed by atoms with Crippen LogP contribution in [0.4, 0.5) is 0 Å². The molecule has 2 fully saturated rings. The summed E-state index contributed by atoms with van der Waals surface area (Å²) in [5.41, 5.74) is 0.708. The average molecular weight is 228 g/mol. The molecule has 15 heavy (non-hydrogen) atoms. The van der Waals surface area contributed by atoms with Crippen LogP contribution < -0.4 is 5.32 Å². The summed E-state index contributed by atoms with van der Waals surface area (Å²) in [6.45, 7) is 7.48. The molecule has 3 heteroatoms. The predicted octanol–water partition coefficient (Wildman–Crippen LogP) is 2.16. The van der Waals surface area contributed by atoms with Gasteiger partial charge in [-0.25, -0.2) is 0 Å². The number of hydrogen-bond donors (Lipinski definition) is 1. The van der Waals surface area contributed by atoms with Gasteiger partial charge < -0.3 is 5.32 Å². The summed E-state index contributed by atoms with van der Waals surface area (Å²) in [5, 5.41) is 4.20. The fourth-order valence-corrected chi connectivity index (χ4v) is 3.48. The Kier molecular flexibility index (Phi) is 3.97. The zero-order valence-electron chi connectivity index (χ0n) is 10.1. The second kappa shape index (κ2) is 5.07. The van der Waals surface area contributed by atoms with Crippen molar-refractivity contribution in [3.05, 3.63) is 0 Å². The van der Waals surface area contributed by atoms with Crippen molar-refractivity contribution < 1.29 is 0 Å². The molecule has 2 rings (SSSR count). The summed E-state index contributed by atoms with van der Waals surface area (Å²) >= 11 is 1.98. The minimum Gasteiger partial charge on any atom is -0.317 e. The van der Waals surface area contributed by atoms with Crippen LogP contribution in [0.25, 0.3) is 0 Å². The molecule has 0 aliphatic carbocycles. The van der Waals surface area contributed by atoms with Gasteiger partial charge in [-0.3, -0.25) is 4.90 Å². The Morgan fingerprint density at radius 3 is 2.27 bits per heavy atom. The molecule has 2 aliphatic heterocycles. The van der Waals surface area contributed by atoms with Gasteiger partial charge in [0.05, 0.1) is 5.37 Å². The summed E-state index contributed by atoms with van der Waals surface area (Å²) in [6.07, 6.45) is 7.90. The molecule has 2 aliphatic rings. The lowest BCUT2D eigenvalue weighted by molar-refractivity contribution is 0.0712. The highest BCUT2D eigenvalue weighted by molar-refractivity contribution is 7.99. The molecule has 2 saturated heterocycles. The monoisotopic (exact) mass is 228 g/mol. The lowest BCUT2D eigenvalue weighted by Crippen LogP contribution is -2.47. The van der Waals surface area contributed by atoms with Gasteiger partial charge in [0.1, 0.15) is 0 Å². The lowest BCUT2D eigenvalue weighted by Gasteiger charge is -2.45. The Hall–Kier alpha value is 0.270. The molecule has 1 N–H and O–H groups in total. The van der Waals surface area contributed by atoms with Crippen molar-refractivity contribution in [1.29, 1.82) is 0 Å². The SMILES string of the molecule is CSC(C)N1CCC2(CCNCC2)CC1. The van der Waals surface area contributed by atoms with Crippen LogP contribution >= 0.6 is 11.8 Å². The fraction of sp³-hybridized carbons (Fsp3) is 1.00. The third-order valence-corrected chi connectivity index (χ3v) is 5.36. The zero-order valence-corrected chi connectivity index (χ0v) is 10.9. The third-order valence-electron chi connectivity index (χ3n) is 4.38. The van der Waals surface area contributed by atoms with Gasteiger partial charge >= 0.3 is 0 Å². The summed E-state index contributed by atoms with van der Waals surface area (Å²) in [5.74, 6) is 0. The van der Waals surface area contributed by atoms with Crippen molar-refractivity contribution >= 4 is 11.8 Å². The maximum Gasteiger partial charge on any atom is 0.0525 e. The van der Waals surface area contributed by atoms with Crippen LogP contribution in [-0.2, 0) is 0 Å². The average Bonchev–Trinajstić information content (AvgIpc) is 2.30. The molecule has 1 unspecified atom stereocenters. The van der Waals surface area contributed by atoms with E-state index in [1.54, 1.807) is 0 Å². The van der Waals surface area contributed by atoms with Gasteiger partial charge in [-0.05, 0) is 70.5 Å². The maximum absolute atomic E-state index is 3.48. The second-order valence-corrected chi connectivity index (χ2v) is 6.27. The Morgan fingerprint density at radius 2 is 1.73 bits per heavy atom. The van der Waals surface area contributed by atoms with Crippen molar-refractivity contribution in [2.75, 3.05) is 32.4 Å². The van der Waals surface area contributed by atoms with Gasteiger partial charge in [0.15, 0.2) is 0 Å². The van der Waals surface area contributed by atoms with Crippen molar-refractivity contribution in [3.8, 4) is 0 Å². The molecule has 2 nitrogen and oxygen atoms in total. The standard InChI is InChI=1S/C12H24N2S/c1-11(15-2)14-9-5-12(6-10-14)3-7-13-8-4-12/h11,13H,3-10H2,1-2H3. The van der Waals surface area contributed by atoms with Gasteiger partial charge in [0, 0.05) is 0 Å². The van der Waals surface area contributed by atoms with Crippen LogP contribution in [0.15, 0.2) is 0 Å². The molecule has 0 bridgehead atoms. The van der Waals surface area contributed by atoms with Crippen LogP contribution in [-0.4, -0.2) is 42.7 Å².